The van der Waals surface area contributed by atoms with E-state index in [4.69, 9.17) is 10.5 Å². The maximum Gasteiger partial charge on any atom is 0.0593 e. The van der Waals surface area contributed by atoms with E-state index < -0.39 is 0 Å². The van der Waals surface area contributed by atoms with Crippen LogP contribution in [0.1, 0.15) is 39.5 Å². The molecule has 2 aliphatic rings. The van der Waals surface area contributed by atoms with Crippen LogP contribution in [-0.2, 0) is 4.74 Å². The number of nitrogens with zero attached hydrogens (tertiary/aromatic N) is 2. The van der Waals surface area contributed by atoms with Crippen LogP contribution >= 0.6 is 0 Å². The Bertz CT molecular complexity index is 264. The van der Waals surface area contributed by atoms with Crippen LogP contribution < -0.4 is 5.73 Å². The van der Waals surface area contributed by atoms with E-state index in [0.29, 0.717) is 6.04 Å². The molecular formula is C16H33N3O. The van der Waals surface area contributed by atoms with Crippen LogP contribution in [0.2, 0.25) is 0 Å². The molecule has 4 nitrogen and oxygen atoms in total. The zero-order valence-electron chi connectivity index (χ0n) is 13.4. The molecule has 118 valence electrons. The summed E-state index contributed by atoms with van der Waals surface area (Å²) in [7, 11) is 0. The minimum atomic E-state index is 0.443. The van der Waals surface area contributed by atoms with E-state index in [1.54, 1.807) is 0 Å². The highest BCUT2D eigenvalue weighted by molar-refractivity contribution is 4.86. The predicted octanol–water partition coefficient (Wildman–Crippen LogP) is 1.55. The van der Waals surface area contributed by atoms with E-state index in [9.17, 15) is 0 Å². The lowest BCUT2D eigenvalue weighted by Gasteiger charge is -2.34. The number of nitrogens with two attached hydrogens (primary N) is 1. The number of hydrogen-bond acceptors (Lipinski definition) is 4. The number of ether oxygens (including phenoxy) is 1. The summed E-state index contributed by atoms with van der Waals surface area (Å²) in [6.07, 6.45) is 4.85. The van der Waals surface area contributed by atoms with Crippen molar-refractivity contribution in [3.8, 4) is 0 Å². The van der Waals surface area contributed by atoms with E-state index in [1.165, 1.54) is 51.9 Å². The molecule has 0 radical (unpaired) electrons. The maximum absolute atomic E-state index is 5.98. The molecule has 1 atom stereocenters. The van der Waals surface area contributed by atoms with Crippen LogP contribution in [-0.4, -0.2) is 67.8 Å². The van der Waals surface area contributed by atoms with Gasteiger partial charge in [-0.15, -0.1) is 0 Å². The Hall–Kier alpha value is -0.160. The second-order valence-corrected chi connectivity index (χ2v) is 6.91. The second-order valence-electron chi connectivity index (χ2n) is 6.91. The molecule has 0 aromatic rings. The lowest BCUT2D eigenvalue weighted by atomic mass is 10.0. The van der Waals surface area contributed by atoms with Crippen molar-refractivity contribution < 1.29 is 4.74 Å². The van der Waals surface area contributed by atoms with Gasteiger partial charge in [0, 0.05) is 31.8 Å². The molecule has 0 bridgehead atoms. The summed E-state index contributed by atoms with van der Waals surface area (Å²) >= 11 is 0. The van der Waals surface area contributed by atoms with Crippen molar-refractivity contribution >= 4 is 0 Å². The van der Waals surface area contributed by atoms with Crippen molar-refractivity contribution in [2.24, 2.45) is 11.7 Å². The molecule has 0 aromatic heterocycles. The van der Waals surface area contributed by atoms with Crippen molar-refractivity contribution in [3.63, 3.8) is 0 Å². The molecule has 2 N–H and O–H groups in total. The Morgan fingerprint density at radius 1 is 1.10 bits per heavy atom. The standard InChI is InChI=1S/C16H33N3O/c1-14(2)6-11-20-12-10-18-7-5-16(13-18)19-8-3-15(17)4-9-19/h14-16H,3-13,17H2,1-2H3. The Kier molecular flexibility index (Phi) is 6.75. The summed E-state index contributed by atoms with van der Waals surface area (Å²) in [5.41, 5.74) is 5.98. The fraction of sp³-hybridized carbons (Fsp3) is 1.00. The van der Waals surface area contributed by atoms with Crippen molar-refractivity contribution in [2.45, 2.75) is 51.6 Å². The molecular weight excluding hydrogens is 250 g/mol. The molecule has 1 unspecified atom stereocenters. The molecule has 2 heterocycles. The quantitative estimate of drug-likeness (QED) is 0.720. The zero-order valence-corrected chi connectivity index (χ0v) is 13.4. The Labute approximate surface area is 124 Å². The first-order chi connectivity index (χ1) is 9.65. The molecule has 2 saturated heterocycles. The van der Waals surface area contributed by atoms with Gasteiger partial charge in [0.15, 0.2) is 0 Å². The van der Waals surface area contributed by atoms with Gasteiger partial charge in [0.2, 0.25) is 0 Å². The number of rotatable bonds is 7. The molecule has 0 saturated carbocycles. The summed E-state index contributed by atoms with van der Waals surface area (Å²) in [6, 6.07) is 1.20. The van der Waals surface area contributed by atoms with Crippen LogP contribution in [0, 0.1) is 5.92 Å². The summed E-state index contributed by atoms with van der Waals surface area (Å²) in [5, 5.41) is 0. The van der Waals surface area contributed by atoms with Gasteiger partial charge in [-0.05, 0) is 51.2 Å². The molecule has 2 rings (SSSR count). The largest absolute Gasteiger partial charge is 0.380 e. The van der Waals surface area contributed by atoms with E-state index in [-0.39, 0.29) is 0 Å². The van der Waals surface area contributed by atoms with E-state index >= 15 is 0 Å². The highest BCUT2D eigenvalue weighted by atomic mass is 16.5. The van der Waals surface area contributed by atoms with Gasteiger partial charge in [-0.2, -0.15) is 0 Å². The third kappa shape index (κ3) is 5.32. The Morgan fingerprint density at radius 3 is 2.55 bits per heavy atom. The average molecular weight is 283 g/mol. The SMILES string of the molecule is CC(C)CCOCCN1CCC(N2CCC(N)CC2)C1. The average Bonchev–Trinajstić information content (AvgIpc) is 2.87. The van der Waals surface area contributed by atoms with Crippen LogP contribution in [0.25, 0.3) is 0 Å². The Morgan fingerprint density at radius 2 is 1.85 bits per heavy atom. The first kappa shape index (κ1) is 16.2. The van der Waals surface area contributed by atoms with Gasteiger partial charge in [-0.25, -0.2) is 0 Å². The molecule has 0 aliphatic carbocycles. The van der Waals surface area contributed by atoms with Crippen molar-refractivity contribution in [3.05, 3.63) is 0 Å². The maximum atomic E-state index is 5.98. The minimum Gasteiger partial charge on any atom is -0.380 e. The molecule has 2 aliphatic heterocycles. The number of piperidine rings is 1. The molecule has 0 aromatic carbocycles. The van der Waals surface area contributed by atoms with Crippen LogP contribution in [0.5, 0.6) is 0 Å². The van der Waals surface area contributed by atoms with Crippen LogP contribution in [0.4, 0.5) is 0 Å². The monoisotopic (exact) mass is 283 g/mol. The van der Waals surface area contributed by atoms with Crippen molar-refractivity contribution in [2.75, 3.05) is 45.9 Å². The fourth-order valence-corrected chi connectivity index (χ4v) is 3.21. The second kappa shape index (κ2) is 8.32. The summed E-state index contributed by atoms with van der Waals surface area (Å²) in [5.74, 6) is 0.747. The lowest BCUT2D eigenvalue weighted by molar-refractivity contribution is 0.0974. The van der Waals surface area contributed by atoms with Gasteiger partial charge < -0.3 is 10.5 Å². The number of likely N-dealkylation sites (tertiary alicyclic amines) is 2. The zero-order chi connectivity index (χ0) is 14.4. The summed E-state index contributed by atoms with van der Waals surface area (Å²) < 4.78 is 5.73. The molecule has 20 heavy (non-hydrogen) atoms. The number of hydrogen-bond donors (Lipinski definition) is 1. The van der Waals surface area contributed by atoms with Gasteiger partial charge in [0.1, 0.15) is 0 Å². The summed E-state index contributed by atoms with van der Waals surface area (Å²) in [6.45, 7) is 12.3. The predicted molar refractivity (Wildman–Crippen MR) is 83.9 cm³/mol. The van der Waals surface area contributed by atoms with Gasteiger partial charge in [0.25, 0.3) is 0 Å². The third-order valence-electron chi connectivity index (χ3n) is 4.73. The first-order valence-corrected chi connectivity index (χ1v) is 8.45. The fourth-order valence-electron chi connectivity index (χ4n) is 3.21. The van der Waals surface area contributed by atoms with Crippen LogP contribution in [0.3, 0.4) is 0 Å². The van der Waals surface area contributed by atoms with E-state index in [0.717, 1.165) is 31.7 Å². The minimum absolute atomic E-state index is 0.443. The highest BCUT2D eigenvalue weighted by Gasteiger charge is 2.29. The van der Waals surface area contributed by atoms with Crippen molar-refractivity contribution in [1.29, 1.82) is 0 Å². The van der Waals surface area contributed by atoms with E-state index in [2.05, 4.69) is 23.6 Å². The van der Waals surface area contributed by atoms with Gasteiger partial charge in [-0.3, -0.25) is 9.80 Å². The van der Waals surface area contributed by atoms with Gasteiger partial charge in [0.05, 0.1) is 6.61 Å². The van der Waals surface area contributed by atoms with Gasteiger partial charge in [-0.1, -0.05) is 13.8 Å². The smallest absolute Gasteiger partial charge is 0.0593 e. The van der Waals surface area contributed by atoms with Crippen molar-refractivity contribution in [1.82, 2.24) is 9.80 Å². The van der Waals surface area contributed by atoms with Gasteiger partial charge >= 0.3 is 0 Å². The normalized spacial score (nSPS) is 26.7. The lowest BCUT2D eigenvalue weighted by Crippen LogP contribution is -2.46. The molecule has 2 fully saturated rings. The van der Waals surface area contributed by atoms with E-state index in [1.807, 2.05) is 0 Å². The highest BCUT2D eigenvalue weighted by Crippen LogP contribution is 2.19. The first-order valence-electron chi connectivity index (χ1n) is 8.45. The molecule has 0 amide bonds. The molecule has 0 spiro atoms. The Balaban J connectivity index is 1.56. The van der Waals surface area contributed by atoms with Crippen LogP contribution in [0.15, 0.2) is 0 Å². The third-order valence-corrected chi connectivity index (χ3v) is 4.73. The molecule has 4 heteroatoms. The topological polar surface area (TPSA) is 41.7 Å². The summed E-state index contributed by atoms with van der Waals surface area (Å²) in [4.78, 5) is 5.22.